The molecule has 0 bridgehead atoms. The van der Waals surface area contributed by atoms with E-state index in [1.165, 1.54) is 0 Å². The number of nitrogens with zero attached hydrogens (tertiary/aromatic N) is 1. The fourth-order valence-electron chi connectivity index (χ4n) is 2.06. The number of carbonyl (C=O) groups is 1. The summed E-state index contributed by atoms with van der Waals surface area (Å²) >= 11 is 0. The molecule has 1 amide bonds. The number of nitrogens with one attached hydrogen (secondary N) is 2. The zero-order valence-corrected chi connectivity index (χ0v) is 11.8. The minimum absolute atomic E-state index is 0.127. The Labute approximate surface area is 116 Å². The predicted molar refractivity (Wildman–Crippen MR) is 77.2 cm³/mol. The second kappa shape index (κ2) is 11.0. The smallest absolute Gasteiger partial charge is 0.220 e. The molecule has 5 nitrogen and oxygen atoms in total. The van der Waals surface area contributed by atoms with E-state index in [1.807, 2.05) is 0 Å². The summed E-state index contributed by atoms with van der Waals surface area (Å²) < 4.78 is 5.23. The quantitative estimate of drug-likeness (QED) is 0.445. The average molecular weight is 269 g/mol. The van der Waals surface area contributed by atoms with E-state index in [9.17, 15) is 4.79 Å². The molecular weight excluding hydrogens is 242 g/mol. The van der Waals surface area contributed by atoms with Crippen LogP contribution in [0.3, 0.4) is 0 Å². The zero-order valence-electron chi connectivity index (χ0n) is 11.8. The highest BCUT2D eigenvalue weighted by Gasteiger charge is 2.08. The molecule has 2 N–H and O–H groups in total. The van der Waals surface area contributed by atoms with E-state index in [2.05, 4.69) is 22.1 Å². The number of ether oxygens (including phenoxy) is 1. The van der Waals surface area contributed by atoms with E-state index in [1.54, 1.807) is 6.08 Å². The van der Waals surface area contributed by atoms with Crippen LogP contribution in [0, 0.1) is 0 Å². The van der Waals surface area contributed by atoms with Gasteiger partial charge in [-0.25, -0.2) is 0 Å². The van der Waals surface area contributed by atoms with E-state index < -0.39 is 0 Å². The molecule has 0 aromatic carbocycles. The van der Waals surface area contributed by atoms with Gasteiger partial charge in [-0.2, -0.15) is 0 Å². The monoisotopic (exact) mass is 269 g/mol. The minimum Gasteiger partial charge on any atom is -0.377 e. The highest BCUT2D eigenvalue weighted by molar-refractivity contribution is 5.75. The molecule has 1 aliphatic heterocycles. The van der Waals surface area contributed by atoms with Gasteiger partial charge in [-0.15, -0.1) is 6.58 Å². The second-order valence-electron chi connectivity index (χ2n) is 4.76. The lowest BCUT2D eigenvalue weighted by atomic mass is 10.3. The van der Waals surface area contributed by atoms with Gasteiger partial charge >= 0.3 is 0 Å². The van der Waals surface area contributed by atoms with Crippen LogP contribution in [0.2, 0.25) is 0 Å². The van der Waals surface area contributed by atoms with Crippen molar-refractivity contribution >= 4 is 5.91 Å². The maximum absolute atomic E-state index is 11.5. The van der Waals surface area contributed by atoms with Crippen molar-refractivity contribution in [3.8, 4) is 0 Å². The van der Waals surface area contributed by atoms with Crippen molar-refractivity contribution in [1.29, 1.82) is 0 Å². The first kappa shape index (κ1) is 16.1. The normalized spacial score (nSPS) is 16.2. The Kier molecular flexibility index (Phi) is 9.32. The topological polar surface area (TPSA) is 53.6 Å². The molecule has 1 fully saturated rings. The molecule has 0 saturated carbocycles. The van der Waals surface area contributed by atoms with Gasteiger partial charge in [0, 0.05) is 45.8 Å². The van der Waals surface area contributed by atoms with Crippen LogP contribution in [-0.4, -0.2) is 63.3 Å². The Morgan fingerprint density at radius 1 is 1.37 bits per heavy atom. The molecule has 0 atom stereocenters. The Morgan fingerprint density at radius 2 is 2.16 bits per heavy atom. The largest absolute Gasteiger partial charge is 0.377 e. The fraction of sp³-hybridized carbons (Fsp3) is 0.786. The van der Waals surface area contributed by atoms with Crippen molar-refractivity contribution in [1.82, 2.24) is 15.5 Å². The lowest BCUT2D eigenvalue weighted by Gasteiger charge is -2.27. The molecule has 1 heterocycles. The first-order valence-corrected chi connectivity index (χ1v) is 7.21. The molecule has 110 valence electrons. The van der Waals surface area contributed by atoms with E-state index in [4.69, 9.17) is 4.74 Å². The van der Waals surface area contributed by atoms with Gasteiger partial charge in [0.25, 0.3) is 0 Å². The van der Waals surface area contributed by atoms with Crippen LogP contribution in [0.1, 0.15) is 19.3 Å². The van der Waals surface area contributed by atoms with Crippen molar-refractivity contribution in [3.05, 3.63) is 12.7 Å². The fourth-order valence-corrected chi connectivity index (χ4v) is 2.06. The number of piperazine rings is 1. The molecule has 0 aromatic heterocycles. The van der Waals surface area contributed by atoms with Crippen LogP contribution in [-0.2, 0) is 9.53 Å². The lowest BCUT2D eigenvalue weighted by Crippen LogP contribution is -2.44. The molecule has 1 aliphatic rings. The molecule has 0 radical (unpaired) electrons. The second-order valence-corrected chi connectivity index (χ2v) is 4.76. The Hall–Kier alpha value is -0.910. The van der Waals surface area contributed by atoms with Crippen LogP contribution >= 0.6 is 0 Å². The van der Waals surface area contributed by atoms with Gasteiger partial charge < -0.3 is 20.3 Å². The summed E-state index contributed by atoms with van der Waals surface area (Å²) in [6, 6.07) is 0. The molecule has 5 heteroatoms. The number of rotatable bonds is 10. The van der Waals surface area contributed by atoms with Crippen molar-refractivity contribution in [3.63, 3.8) is 0 Å². The van der Waals surface area contributed by atoms with Gasteiger partial charge in [0.05, 0.1) is 6.61 Å². The number of amides is 1. The summed E-state index contributed by atoms with van der Waals surface area (Å²) in [5.41, 5.74) is 0. The Bertz CT molecular complexity index is 253. The average Bonchev–Trinajstić information content (AvgIpc) is 2.44. The van der Waals surface area contributed by atoms with Gasteiger partial charge in [0.2, 0.25) is 5.91 Å². The molecule has 1 saturated heterocycles. The summed E-state index contributed by atoms with van der Waals surface area (Å²) in [7, 11) is 0. The number of hydrogen-bond donors (Lipinski definition) is 2. The molecular formula is C14H27N3O2. The maximum Gasteiger partial charge on any atom is 0.220 e. The van der Waals surface area contributed by atoms with Crippen molar-refractivity contribution in [2.24, 2.45) is 0 Å². The summed E-state index contributed by atoms with van der Waals surface area (Å²) in [4.78, 5) is 14.0. The molecule has 0 aromatic rings. The zero-order chi connectivity index (χ0) is 13.8. The van der Waals surface area contributed by atoms with Gasteiger partial charge in [-0.05, 0) is 19.4 Å². The third-order valence-corrected chi connectivity index (χ3v) is 3.11. The van der Waals surface area contributed by atoms with Gasteiger partial charge in [0.15, 0.2) is 0 Å². The minimum atomic E-state index is 0.127. The third-order valence-electron chi connectivity index (χ3n) is 3.11. The van der Waals surface area contributed by atoms with Crippen LogP contribution < -0.4 is 10.6 Å². The molecule has 1 rings (SSSR count). The summed E-state index contributed by atoms with van der Waals surface area (Å²) in [6.07, 6.45) is 4.07. The van der Waals surface area contributed by atoms with Gasteiger partial charge in [0.1, 0.15) is 0 Å². The Balaban J connectivity index is 1.87. The predicted octanol–water partition coefficient (Wildman–Crippen LogP) is 0.381. The summed E-state index contributed by atoms with van der Waals surface area (Å²) in [6.45, 7) is 11.0. The number of carbonyl (C=O) groups excluding carboxylic acids is 1. The molecule has 0 spiro atoms. The van der Waals surface area contributed by atoms with Crippen molar-refractivity contribution < 1.29 is 9.53 Å². The highest BCUT2D eigenvalue weighted by atomic mass is 16.5. The van der Waals surface area contributed by atoms with Gasteiger partial charge in [-0.1, -0.05) is 6.08 Å². The van der Waals surface area contributed by atoms with Gasteiger partial charge in [-0.3, -0.25) is 4.79 Å². The standard InChI is InChI=1S/C14H27N3O2/c1-2-12-19-13-3-5-14(18)16-6-4-9-17-10-7-15-8-11-17/h2,15H,1,3-13H2,(H,16,18). The van der Waals surface area contributed by atoms with Crippen LogP contribution in [0.5, 0.6) is 0 Å². The third kappa shape index (κ3) is 8.75. The number of hydrogen-bond acceptors (Lipinski definition) is 4. The van der Waals surface area contributed by atoms with Crippen LogP contribution in [0.15, 0.2) is 12.7 Å². The first-order chi connectivity index (χ1) is 9.33. The molecule has 19 heavy (non-hydrogen) atoms. The summed E-state index contributed by atoms with van der Waals surface area (Å²) in [5.74, 6) is 0.127. The first-order valence-electron chi connectivity index (χ1n) is 7.21. The molecule has 0 unspecified atom stereocenters. The maximum atomic E-state index is 11.5. The van der Waals surface area contributed by atoms with Crippen molar-refractivity contribution in [2.45, 2.75) is 19.3 Å². The van der Waals surface area contributed by atoms with Crippen LogP contribution in [0.25, 0.3) is 0 Å². The molecule has 0 aliphatic carbocycles. The van der Waals surface area contributed by atoms with E-state index in [-0.39, 0.29) is 5.91 Å². The van der Waals surface area contributed by atoms with E-state index in [0.29, 0.717) is 19.6 Å². The van der Waals surface area contributed by atoms with Crippen molar-refractivity contribution in [2.75, 3.05) is 52.5 Å². The highest BCUT2D eigenvalue weighted by Crippen LogP contribution is 1.94. The summed E-state index contributed by atoms with van der Waals surface area (Å²) in [5, 5.41) is 6.29. The van der Waals surface area contributed by atoms with Crippen LogP contribution in [0.4, 0.5) is 0 Å². The SMILES string of the molecule is C=CCOCCCC(=O)NCCCN1CCNCC1. The van der Waals surface area contributed by atoms with E-state index in [0.717, 1.165) is 52.1 Å². The Morgan fingerprint density at radius 3 is 2.89 bits per heavy atom. The lowest BCUT2D eigenvalue weighted by molar-refractivity contribution is -0.121. The van der Waals surface area contributed by atoms with E-state index >= 15 is 0 Å².